The van der Waals surface area contributed by atoms with Crippen LogP contribution in [0.2, 0.25) is 0 Å². The number of rotatable bonds is 7. The summed E-state index contributed by atoms with van der Waals surface area (Å²) in [4.78, 5) is 27.3. The van der Waals surface area contributed by atoms with Gasteiger partial charge in [-0.15, -0.1) is 13.2 Å². The molecule has 4 rings (SSSR count). The third-order valence-corrected chi connectivity index (χ3v) is 7.25. The molecule has 1 saturated heterocycles. The van der Waals surface area contributed by atoms with E-state index >= 15 is 0 Å². The zero-order valence-electron chi connectivity index (χ0n) is 23.5. The van der Waals surface area contributed by atoms with Crippen molar-refractivity contribution in [3.05, 3.63) is 89.2 Å². The molecular formula is C32H31F4N3O3. The van der Waals surface area contributed by atoms with Gasteiger partial charge >= 0.3 is 6.36 Å². The predicted molar refractivity (Wildman–Crippen MR) is 149 cm³/mol. The maximum absolute atomic E-state index is 14.7. The van der Waals surface area contributed by atoms with Gasteiger partial charge in [-0.05, 0) is 41.8 Å². The second-order valence-electron chi connectivity index (χ2n) is 11.3. The monoisotopic (exact) mass is 581 g/mol. The smallest absolute Gasteiger partial charge is 0.405 e. The molecule has 0 bridgehead atoms. The van der Waals surface area contributed by atoms with E-state index in [1.165, 1.54) is 29.2 Å². The van der Waals surface area contributed by atoms with E-state index in [0.29, 0.717) is 18.5 Å². The van der Waals surface area contributed by atoms with Crippen molar-refractivity contribution in [2.45, 2.75) is 52.1 Å². The Bertz CT molecular complexity index is 1490. The van der Waals surface area contributed by atoms with Gasteiger partial charge in [0, 0.05) is 48.1 Å². The van der Waals surface area contributed by atoms with Crippen LogP contribution in [0.5, 0.6) is 5.75 Å². The van der Waals surface area contributed by atoms with E-state index in [4.69, 9.17) is 5.26 Å². The topological polar surface area (TPSA) is 82.4 Å². The number of ether oxygens (including phenoxy) is 1. The first kappa shape index (κ1) is 30.7. The van der Waals surface area contributed by atoms with E-state index in [0.717, 1.165) is 17.7 Å². The summed E-state index contributed by atoms with van der Waals surface area (Å²) < 4.78 is 58.7. The summed E-state index contributed by atoms with van der Waals surface area (Å²) in [6.45, 7) is 5.58. The van der Waals surface area contributed by atoms with Crippen LogP contribution in [0, 0.1) is 22.6 Å². The van der Waals surface area contributed by atoms with Crippen LogP contribution >= 0.6 is 0 Å². The van der Waals surface area contributed by atoms with E-state index in [2.05, 4.69) is 10.1 Å². The van der Waals surface area contributed by atoms with Crippen LogP contribution in [-0.4, -0.2) is 42.1 Å². The van der Waals surface area contributed by atoms with Gasteiger partial charge < -0.3 is 15.0 Å². The molecule has 2 atom stereocenters. The molecule has 1 amide bonds. The quantitative estimate of drug-likeness (QED) is 0.260. The molecule has 0 aliphatic carbocycles. The van der Waals surface area contributed by atoms with E-state index < -0.39 is 35.0 Å². The molecule has 6 nitrogen and oxygen atoms in total. The largest absolute Gasteiger partial charge is 0.573 e. The first-order valence-corrected chi connectivity index (χ1v) is 13.5. The van der Waals surface area contributed by atoms with E-state index in [9.17, 15) is 27.2 Å². The number of benzene rings is 3. The molecule has 1 N–H and O–H groups in total. The highest BCUT2D eigenvalue weighted by atomic mass is 19.4. The fraction of sp³-hybridized carbons (Fsp3) is 0.344. The van der Waals surface area contributed by atoms with Gasteiger partial charge in [0.2, 0.25) is 5.78 Å². The summed E-state index contributed by atoms with van der Waals surface area (Å²) in [7, 11) is 0. The molecule has 10 heteroatoms. The number of halogens is 4. The Labute approximate surface area is 241 Å². The van der Waals surface area contributed by atoms with Crippen molar-refractivity contribution in [3.63, 3.8) is 0 Å². The molecule has 3 aromatic carbocycles. The Morgan fingerprint density at radius 1 is 1.05 bits per heavy atom. The van der Waals surface area contributed by atoms with Crippen molar-refractivity contribution in [1.29, 1.82) is 5.26 Å². The molecule has 1 heterocycles. The minimum atomic E-state index is -4.94. The normalized spacial score (nSPS) is 17.4. The molecule has 0 saturated carbocycles. The fourth-order valence-corrected chi connectivity index (χ4v) is 5.05. The van der Waals surface area contributed by atoms with Crippen LogP contribution in [0.1, 0.15) is 49.8 Å². The van der Waals surface area contributed by atoms with E-state index in [1.54, 1.807) is 20.8 Å². The van der Waals surface area contributed by atoms with Crippen molar-refractivity contribution in [2.75, 3.05) is 13.1 Å². The van der Waals surface area contributed by atoms with Gasteiger partial charge in [0.15, 0.2) is 0 Å². The number of nitrogens with zero attached hydrogens (tertiary/aromatic N) is 2. The second-order valence-corrected chi connectivity index (χ2v) is 11.3. The first-order valence-electron chi connectivity index (χ1n) is 13.5. The molecule has 1 fully saturated rings. The Hall–Kier alpha value is -4.23. The van der Waals surface area contributed by atoms with Gasteiger partial charge in [0.05, 0.1) is 11.6 Å². The lowest BCUT2D eigenvalue weighted by Gasteiger charge is -2.40. The Morgan fingerprint density at radius 2 is 1.76 bits per heavy atom. The van der Waals surface area contributed by atoms with Crippen LogP contribution in [0.3, 0.4) is 0 Å². The number of Topliss-reactive ketones (excluding diaryl/α,β-unsaturated/α-hetero) is 1. The lowest BCUT2D eigenvalue weighted by molar-refractivity contribution is -0.274. The average Bonchev–Trinajstić information content (AvgIpc) is 2.95. The van der Waals surface area contributed by atoms with Crippen LogP contribution in [0.25, 0.3) is 11.1 Å². The van der Waals surface area contributed by atoms with Crippen molar-refractivity contribution in [2.24, 2.45) is 5.41 Å². The van der Waals surface area contributed by atoms with E-state index in [1.807, 2.05) is 36.4 Å². The van der Waals surface area contributed by atoms with Crippen LogP contribution in [0.15, 0.2) is 66.7 Å². The first-order chi connectivity index (χ1) is 19.8. The number of carbonyl (C=O) groups excluding carboxylic acids is 2. The highest BCUT2D eigenvalue weighted by Gasteiger charge is 2.38. The number of hydrogen-bond acceptors (Lipinski definition) is 5. The lowest BCUT2D eigenvalue weighted by atomic mass is 9.84. The maximum atomic E-state index is 14.7. The zero-order chi connectivity index (χ0) is 30.7. The molecular weight excluding hydrogens is 550 g/mol. The minimum Gasteiger partial charge on any atom is -0.405 e. The summed E-state index contributed by atoms with van der Waals surface area (Å²) in [6, 6.07) is 18.8. The Kier molecular flexibility index (Phi) is 9.02. The van der Waals surface area contributed by atoms with E-state index in [-0.39, 0.29) is 41.7 Å². The maximum Gasteiger partial charge on any atom is 0.573 e. The van der Waals surface area contributed by atoms with Gasteiger partial charge in [-0.25, -0.2) is 4.39 Å². The number of piperidine rings is 1. The number of likely N-dealkylation sites (tertiary alicyclic amines) is 1. The summed E-state index contributed by atoms with van der Waals surface area (Å²) in [5, 5.41) is 12.4. The molecule has 0 unspecified atom stereocenters. The van der Waals surface area contributed by atoms with Crippen LogP contribution in [0.4, 0.5) is 17.6 Å². The minimum absolute atomic E-state index is 0.0416. The lowest BCUT2D eigenvalue weighted by Crippen LogP contribution is -2.52. The summed E-state index contributed by atoms with van der Waals surface area (Å²) >= 11 is 0. The Balaban J connectivity index is 1.62. The molecule has 220 valence electrons. The fourth-order valence-electron chi connectivity index (χ4n) is 5.05. The second kappa shape index (κ2) is 12.3. The van der Waals surface area contributed by atoms with Gasteiger partial charge in [0.1, 0.15) is 11.6 Å². The highest BCUT2D eigenvalue weighted by molar-refractivity contribution is 6.37. The van der Waals surface area contributed by atoms with Crippen molar-refractivity contribution >= 4 is 11.7 Å². The molecule has 0 aromatic heterocycles. The van der Waals surface area contributed by atoms with Crippen molar-refractivity contribution < 1.29 is 31.9 Å². The third-order valence-electron chi connectivity index (χ3n) is 7.25. The number of amides is 1. The number of hydrogen-bond donors (Lipinski definition) is 1. The van der Waals surface area contributed by atoms with Crippen molar-refractivity contribution in [1.82, 2.24) is 10.2 Å². The van der Waals surface area contributed by atoms with Crippen LogP contribution in [-0.2, 0) is 16.1 Å². The SMILES string of the molecule is CC(C)(C)C(=O)C(=O)N1CC[C@H](NCc2cc(-c3ccc(C#N)cc3F)ccc2OC(F)(F)F)[C@H](c2ccccc2)C1. The molecule has 0 radical (unpaired) electrons. The number of alkyl halides is 3. The molecule has 0 spiro atoms. The van der Waals surface area contributed by atoms with Crippen molar-refractivity contribution in [3.8, 4) is 22.9 Å². The van der Waals surface area contributed by atoms with Gasteiger partial charge in [0.25, 0.3) is 5.91 Å². The standard InChI is InChI=1S/C32H31F4N3O3/c1-31(2,3)29(40)30(41)39-14-13-27(25(19-39)21-7-5-4-6-8-21)38-18-23-16-22(10-12-28(23)42-32(34,35)36)24-11-9-20(17-37)15-26(24)33/h4-12,15-16,25,27,38H,13-14,18-19H2,1-3H3/t25-,27-/m0/s1. The van der Waals surface area contributed by atoms with Crippen LogP contribution < -0.4 is 10.1 Å². The van der Waals surface area contributed by atoms with Gasteiger partial charge in [-0.3, -0.25) is 9.59 Å². The molecule has 1 aliphatic heterocycles. The predicted octanol–water partition coefficient (Wildman–Crippen LogP) is 6.35. The number of nitrogens with one attached hydrogen (secondary N) is 1. The third kappa shape index (κ3) is 7.34. The summed E-state index contributed by atoms with van der Waals surface area (Å²) in [5.41, 5.74) is 0.812. The number of nitriles is 1. The highest BCUT2D eigenvalue weighted by Crippen LogP contribution is 2.34. The summed E-state index contributed by atoms with van der Waals surface area (Å²) in [6.07, 6.45) is -4.49. The molecule has 1 aliphatic rings. The van der Waals surface area contributed by atoms with Gasteiger partial charge in [-0.2, -0.15) is 5.26 Å². The van der Waals surface area contributed by atoms with Gasteiger partial charge in [-0.1, -0.05) is 63.2 Å². The average molecular weight is 582 g/mol. The summed E-state index contributed by atoms with van der Waals surface area (Å²) in [5.74, 6) is -2.39. The zero-order valence-corrected chi connectivity index (χ0v) is 23.5. The number of ketones is 1. The molecule has 42 heavy (non-hydrogen) atoms. The number of carbonyl (C=O) groups is 2. The molecule has 3 aromatic rings. The Morgan fingerprint density at radius 3 is 2.38 bits per heavy atom.